The number of halogens is 2. The van der Waals surface area contributed by atoms with Crippen molar-refractivity contribution in [2.75, 3.05) is 0 Å². The molecule has 6 nitrogen and oxygen atoms in total. The van der Waals surface area contributed by atoms with Crippen molar-refractivity contribution in [3.8, 4) is 5.69 Å². The molecule has 0 bridgehead atoms. The molecule has 8 heteroatoms. The van der Waals surface area contributed by atoms with Gasteiger partial charge in [-0.05, 0) is 39.8 Å². The van der Waals surface area contributed by atoms with Crippen LogP contribution in [0.5, 0.6) is 0 Å². The molecule has 0 saturated carbocycles. The first-order valence-electron chi connectivity index (χ1n) is 7.59. The van der Waals surface area contributed by atoms with E-state index in [4.69, 9.17) is 23.2 Å². The predicted octanol–water partition coefficient (Wildman–Crippen LogP) is 2.99. The fraction of sp³-hybridized carbons (Fsp3) is 0.118. The van der Waals surface area contributed by atoms with Crippen LogP contribution >= 0.6 is 23.2 Å². The van der Waals surface area contributed by atoms with Gasteiger partial charge in [-0.15, -0.1) is 0 Å². The van der Waals surface area contributed by atoms with Crippen molar-refractivity contribution in [2.24, 2.45) is 5.10 Å². The van der Waals surface area contributed by atoms with Gasteiger partial charge in [-0.1, -0.05) is 29.3 Å². The lowest BCUT2D eigenvalue weighted by atomic mass is 9.99. The minimum absolute atomic E-state index is 0.0597. The highest BCUT2D eigenvalue weighted by Gasteiger charge is 2.25. The van der Waals surface area contributed by atoms with Gasteiger partial charge in [-0.25, -0.2) is 4.79 Å². The van der Waals surface area contributed by atoms with Crippen LogP contribution in [-0.2, 0) is 0 Å². The van der Waals surface area contributed by atoms with Gasteiger partial charge in [0.1, 0.15) is 0 Å². The fourth-order valence-electron chi connectivity index (χ4n) is 2.83. The number of H-pyrrole nitrogens is 1. The van der Waals surface area contributed by atoms with E-state index in [0.717, 1.165) is 22.5 Å². The third-order valence-electron chi connectivity index (χ3n) is 4.06. The van der Waals surface area contributed by atoms with E-state index in [2.05, 4.69) is 20.3 Å². The second kappa shape index (κ2) is 6.38. The number of nitrogens with zero attached hydrogens (tertiary/aromatic N) is 2. The number of benzene rings is 2. The van der Waals surface area contributed by atoms with E-state index in [1.807, 2.05) is 42.5 Å². The molecular formula is C17H13Cl2N4O2+. The zero-order chi connectivity index (χ0) is 17.4. The van der Waals surface area contributed by atoms with Crippen LogP contribution in [0.15, 0.2) is 63.1 Å². The molecule has 1 atom stereocenters. The first-order chi connectivity index (χ1) is 12.1. The minimum atomic E-state index is -0.437. The standard InChI is InChI=1S/C17H12Cl2N4O2/c18-12-2-1-3-13(19)17(12)15-8-14(20-21-15)10-4-6-11(7-5-10)23-9-16(24)25-22-23/h1-7,9,15H,8H2,(H-,21,22,24)/p+1. The summed E-state index contributed by atoms with van der Waals surface area (Å²) >= 11 is 12.6. The third-order valence-corrected chi connectivity index (χ3v) is 4.72. The molecule has 3 aromatic rings. The van der Waals surface area contributed by atoms with E-state index in [1.54, 1.807) is 0 Å². The first kappa shape index (κ1) is 15.9. The molecule has 2 heterocycles. The van der Waals surface area contributed by atoms with Crippen molar-refractivity contribution in [3.05, 3.63) is 80.3 Å². The Hall–Kier alpha value is -2.57. The van der Waals surface area contributed by atoms with Gasteiger partial charge >= 0.3 is 5.63 Å². The topological polar surface area (TPSA) is 74.3 Å². The Morgan fingerprint density at radius 3 is 2.48 bits per heavy atom. The predicted molar refractivity (Wildman–Crippen MR) is 94.4 cm³/mol. The Labute approximate surface area is 152 Å². The molecule has 0 saturated heterocycles. The Balaban J connectivity index is 1.55. The van der Waals surface area contributed by atoms with E-state index in [9.17, 15) is 4.79 Å². The SMILES string of the molecule is O=c1c[n+](-c2ccc(C3=NNC(c4c(Cl)cccc4Cl)C3)cc2)[nH]o1. The van der Waals surface area contributed by atoms with E-state index in [1.165, 1.54) is 10.9 Å². The average molecular weight is 376 g/mol. The van der Waals surface area contributed by atoms with Crippen LogP contribution in [0, 0.1) is 0 Å². The van der Waals surface area contributed by atoms with Crippen LogP contribution in [-0.4, -0.2) is 11.0 Å². The maximum atomic E-state index is 11.1. The number of hydrogen-bond acceptors (Lipinski definition) is 4. The molecule has 0 radical (unpaired) electrons. The van der Waals surface area contributed by atoms with Gasteiger partial charge in [0.15, 0.2) is 0 Å². The fourth-order valence-corrected chi connectivity index (χ4v) is 3.49. The lowest BCUT2D eigenvalue weighted by Crippen LogP contribution is -2.32. The zero-order valence-electron chi connectivity index (χ0n) is 12.9. The molecule has 1 aliphatic rings. The Morgan fingerprint density at radius 1 is 1.12 bits per heavy atom. The van der Waals surface area contributed by atoms with Crippen LogP contribution < -0.4 is 15.7 Å². The van der Waals surface area contributed by atoms with E-state index < -0.39 is 5.63 Å². The minimum Gasteiger partial charge on any atom is -0.302 e. The van der Waals surface area contributed by atoms with Gasteiger partial charge in [0.05, 0.1) is 11.8 Å². The monoisotopic (exact) mass is 375 g/mol. The second-order valence-corrected chi connectivity index (χ2v) is 6.45. The quantitative estimate of drug-likeness (QED) is 0.691. The summed E-state index contributed by atoms with van der Waals surface area (Å²) in [7, 11) is 0. The molecular weight excluding hydrogens is 363 g/mol. The summed E-state index contributed by atoms with van der Waals surface area (Å²) in [6, 6.07) is 13.0. The Morgan fingerprint density at radius 2 is 1.84 bits per heavy atom. The van der Waals surface area contributed by atoms with Gasteiger partial charge < -0.3 is 5.43 Å². The highest BCUT2D eigenvalue weighted by Crippen LogP contribution is 2.34. The molecule has 0 spiro atoms. The largest absolute Gasteiger partial charge is 0.427 e. The molecule has 0 amide bonds. The summed E-state index contributed by atoms with van der Waals surface area (Å²) in [5.74, 6) is 0. The lowest BCUT2D eigenvalue weighted by Gasteiger charge is -2.13. The number of hydrazone groups is 1. The van der Waals surface area contributed by atoms with E-state index in [0.29, 0.717) is 16.5 Å². The molecule has 126 valence electrons. The van der Waals surface area contributed by atoms with Crippen LogP contribution in [0.2, 0.25) is 10.0 Å². The van der Waals surface area contributed by atoms with Crippen molar-refractivity contribution in [1.29, 1.82) is 0 Å². The molecule has 2 aromatic carbocycles. The van der Waals surface area contributed by atoms with E-state index >= 15 is 0 Å². The number of aromatic nitrogens is 2. The van der Waals surface area contributed by atoms with Gasteiger partial charge in [-0.3, -0.25) is 4.52 Å². The van der Waals surface area contributed by atoms with E-state index in [-0.39, 0.29) is 6.04 Å². The summed E-state index contributed by atoms with van der Waals surface area (Å²) < 4.78 is 6.17. The molecule has 4 rings (SSSR count). The maximum Gasteiger partial charge on any atom is 0.427 e. The van der Waals surface area contributed by atoms with Crippen LogP contribution in [0.1, 0.15) is 23.6 Å². The smallest absolute Gasteiger partial charge is 0.302 e. The highest BCUT2D eigenvalue weighted by atomic mass is 35.5. The van der Waals surface area contributed by atoms with Crippen molar-refractivity contribution in [1.82, 2.24) is 10.7 Å². The van der Waals surface area contributed by atoms with Gasteiger partial charge in [0, 0.05) is 34.2 Å². The Bertz CT molecular complexity index is 988. The number of aromatic amines is 1. The van der Waals surface area contributed by atoms with Crippen LogP contribution in [0.4, 0.5) is 0 Å². The van der Waals surface area contributed by atoms with Crippen molar-refractivity contribution in [2.45, 2.75) is 12.5 Å². The zero-order valence-corrected chi connectivity index (χ0v) is 14.4. The maximum absolute atomic E-state index is 11.1. The molecule has 2 N–H and O–H groups in total. The number of rotatable bonds is 3. The molecule has 0 fully saturated rings. The average Bonchev–Trinajstić information content (AvgIpc) is 3.24. The highest BCUT2D eigenvalue weighted by molar-refractivity contribution is 6.36. The van der Waals surface area contributed by atoms with Crippen molar-refractivity contribution < 1.29 is 9.20 Å². The van der Waals surface area contributed by atoms with Gasteiger partial charge in [0.2, 0.25) is 5.69 Å². The summed E-state index contributed by atoms with van der Waals surface area (Å²) in [6.45, 7) is 0. The second-order valence-electron chi connectivity index (χ2n) is 5.64. The Kier molecular flexibility index (Phi) is 4.07. The first-order valence-corrected chi connectivity index (χ1v) is 8.34. The summed E-state index contributed by atoms with van der Waals surface area (Å²) in [5.41, 5.74) is 6.20. The molecule has 1 unspecified atom stereocenters. The van der Waals surface area contributed by atoms with Gasteiger partial charge in [0.25, 0.3) is 6.20 Å². The van der Waals surface area contributed by atoms with Crippen LogP contribution in [0.3, 0.4) is 0 Å². The van der Waals surface area contributed by atoms with Crippen molar-refractivity contribution >= 4 is 28.9 Å². The number of nitrogens with one attached hydrogen (secondary N) is 2. The molecule has 0 aliphatic carbocycles. The lowest BCUT2D eigenvalue weighted by molar-refractivity contribution is -0.670. The van der Waals surface area contributed by atoms with Gasteiger partial charge in [-0.2, -0.15) is 5.10 Å². The number of hydrogen-bond donors (Lipinski definition) is 2. The van der Waals surface area contributed by atoms with Crippen LogP contribution in [0.25, 0.3) is 5.69 Å². The summed E-state index contributed by atoms with van der Waals surface area (Å²) in [6.07, 6.45) is 2.01. The van der Waals surface area contributed by atoms with Crippen molar-refractivity contribution in [3.63, 3.8) is 0 Å². The normalized spacial score (nSPS) is 16.6. The molecule has 25 heavy (non-hydrogen) atoms. The third kappa shape index (κ3) is 3.06. The molecule has 1 aromatic heterocycles. The summed E-state index contributed by atoms with van der Waals surface area (Å²) in [4.78, 5) is 11.1. The summed E-state index contributed by atoms with van der Waals surface area (Å²) in [5, 5.41) is 8.17. The molecule has 1 aliphatic heterocycles.